The van der Waals surface area contributed by atoms with Crippen LogP contribution in [0.15, 0.2) is 53.6 Å². The molecule has 3 heterocycles. The van der Waals surface area contributed by atoms with Gasteiger partial charge in [0.25, 0.3) is 5.91 Å². The number of hydrogen-bond acceptors (Lipinski definition) is 5. The molecule has 0 radical (unpaired) electrons. The molecule has 0 aliphatic carbocycles. The summed E-state index contributed by atoms with van der Waals surface area (Å²) in [6, 6.07) is 9.13. The van der Waals surface area contributed by atoms with Gasteiger partial charge in [0, 0.05) is 34.9 Å². The van der Waals surface area contributed by atoms with Crippen molar-refractivity contribution in [3.8, 4) is 17.0 Å². The van der Waals surface area contributed by atoms with E-state index in [1.54, 1.807) is 31.6 Å². The lowest BCUT2D eigenvalue weighted by Crippen LogP contribution is -2.12. The summed E-state index contributed by atoms with van der Waals surface area (Å²) in [7, 11) is 1.57. The van der Waals surface area contributed by atoms with Crippen LogP contribution in [-0.2, 0) is 0 Å². The predicted molar refractivity (Wildman–Crippen MR) is 101 cm³/mol. The first-order chi connectivity index (χ1) is 13.1. The van der Waals surface area contributed by atoms with E-state index < -0.39 is 0 Å². The molecule has 0 bridgehead atoms. The van der Waals surface area contributed by atoms with Gasteiger partial charge < -0.3 is 18.9 Å². The molecular formula is C20H18N4O3. The van der Waals surface area contributed by atoms with Gasteiger partial charge in [0.05, 0.1) is 12.7 Å². The number of nitrogens with zero attached hydrogens (tertiary/aromatic N) is 3. The highest BCUT2D eigenvalue weighted by Crippen LogP contribution is 2.31. The third-order valence-corrected chi connectivity index (χ3v) is 4.35. The van der Waals surface area contributed by atoms with Crippen LogP contribution in [0.2, 0.25) is 0 Å². The van der Waals surface area contributed by atoms with E-state index in [4.69, 9.17) is 9.15 Å². The smallest absolute Gasteiger partial charge is 0.259 e. The van der Waals surface area contributed by atoms with E-state index in [0.717, 1.165) is 17.0 Å². The Morgan fingerprint density at radius 1 is 1.22 bits per heavy atom. The number of anilines is 1. The number of benzene rings is 1. The van der Waals surface area contributed by atoms with Gasteiger partial charge in [-0.2, -0.15) is 0 Å². The number of aromatic nitrogens is 3. The fourth-order valence-electron chi connectivity index (χ4n) is 3.10. The Hall–Kier alpha value is -3.61. The van der Waals surface area contributed by atoms with E-state index in [0.29, 0.717) is 28.3 Å². The van der Waals surface area contributed by atoms with Crippen LogP contribution in [0.3, 0.4) is 0 Å². The summed E-state index contributed by atoms with van der Waals surface area (Å²) in [5.41, 5.74) is 5.11. The number of carbonyl (C=O) groups excluding carboxylic acids is 1. The minimum atomic E-state index is -0.230. The maximum Gasteiger partial charge on any atom is 0.259 e. The van der Waals surface area contributed by atoms with Crippen molar-refractivity contribution in [1.82, 2.24) is 14.4 Å². The largest absolute Gasteiger partial charge is 0.496 e. The lowest BCUT2D eigenvalue weighted by Gasteiger charge is -2.10. The molecule has 136 valence electrons. The highest BCUT2D eigenvalue weighted by atomic mass is 16.5. The summed E-state index contributed by atoms with van der Waals surface area (Å²) in [5.74, 6) is 0.361. The maximum absolute atomic E-state index is 12.8. The fraction of sp³-hybridized carbons (Fsp3) is 0.150. The van der Waals surface area contributed by atoms with E-state index in [1.165, 1.54) is 6.39 Å². The molecule has 4 rings (SSSR count). The number of rotatable bonds is 4. The van der Waals surface area contributed by atoms with E-state index in [2.05, 4.69) is 15.3 Å². The molecule has 0 spiro atoms. The Balaban J connectivity index is 1.66. The van der Waals surface area contributed by atoms with Crippen molar-refractivity contribution in [2.75, 3.05) is 12.4 Å². The topological polar surface area (TPSA) is 81.7 Å². The predicted octanol–water partition coefficient (Wildman–Crippen LogP) is 3.87. The molecule has 0 unspecified atom stereocenters. The van der Waals surface area contributed by atoms with E-state index in [-0.39, 0.29) is 5.91 Å². The molecule has 0 fully saturated rings. The Morgan fingerprint density at radius 2 is 2.07 bits per heavy atom. The number of methoxy groups -OCH3 is 1. The Bertz CT molecular complexity index is 1130. The van der Waals surface area contributed by atoms with Crippen LogP contribution in [0, 0.1) is 13.8 Å². The molecule has 1 amide bonds. The van der Waals surface area contributed by atoms with Crippen LogP contribution in [0.25, 0.3) is 16.9 Å². The second kappa shape index (κ2) is 6.60. The second-order valence-electron chi connectivity index (χ2n) is 6.20. The van der Waals surface area contributed by atoms with E-state index in [1.807, 2.05) is 36.6 Å². The quantitative estimate of drug-likeness (QED) is 0.596. The third-order valence-electron chi connectivity index (χ3n) is 4.35. The van der Waals surface area contributed by atoms with Crippen molar-refractivity contribution in [3.05, 3.63) is 66.1 Å². The first kappa shape index (κ1) is 16.8. The van der Waals surface area contributed by atoms with Gasteiger partial charge in [0.1, 0.15) is 23.4 Å². The fourth-order valence-corrected chi connectivity index (χ4v) is 3.10. The van der Waals surface area contributed by atoms with Gasteiger partial charge in [0.15, 0.2) is 6.39 Å². The molecule has 1 N–H and O–H groups in total. The zero-order chi connectivity index (χ0) is 19.0. The van der Waals surface area contributed by atoms with Crippen LogP contribution in [-0.4, -0.2) is 27.4 Å². The second-order valence-corrected chi connectivity index (χ2v) is 6.20. The minimum absolute atomic E-state index is 0.230. The monoisotopic (exact) mass is 362 g/mol. The van der Waals surface area contributed by atoms with Gasteiger partial charge in [-0.25, -0.2) is 9.97 Å². The van der Waals surface area contributed by atoms with Gasteiger partial charge >= 0.3 is 0 Å². The summed E-state index contributed by atoms with van der Waals surface area (Å²) in [5, 5.41) is 2.91. The van der Waals surface area contributed by atoms with Crippen LogP contribution < -0.4 is 10.1 Å². The summed E-state index contributed by atoms with van der Waals surface area (Å²) in [6.07, 6.45) is 4.75. The molecule has 0 saturated heterocycles. The Morgan fingerprint density at radius 3 is 2.81 bits per heavy atom. The number of fused-ring (bicyclic) bond motifs is 1. The first-order valence-corrected chi connectivity index (χ1v) is 8.40. The van der Waals surface area contributed by atoms with Gasteiger partial charge in [-0.1, -0.05) is 0 Å². The van der Waals surface area contributed by atoms with Crippen molar-refractivity contribution in [2.45, 2.75) is 13.8 Å². The van der Waals surface area contributed by atoms with Crippen molar-refractivity contribution >= 4 is 17.2 Å². The molecule has 4 aromatic rings. The normalized spacial score (nSPS) is 10.9. The summed E-state index contributed by atoms with van der Waals surface area (Å²) < 4.78 is 12.4. The van der Waals surface area contributed by atoms with E-state index in [9.17, 15) is 4.79 Å². The van der Waals surface area contributed by atoms with Gasteiger partial charge in [-0.3, -0.25) is 4.79 Å². The summed E-state index contributed by atoms with van der Waals surface area (Å²) in [4.78, 5) is 21.4. The highest BCUT2D eigenvalue weighted by Gasteiger charge is 2.16. The maximum atomic E-state index is 12.8. The molecule has 0 aliphatic heterocycles. The molecule has 3 aromatic heterocycles. The molecule has 27 heavy (non-hydrogen) atoms. The van der Waals surface area contributed by atoms with Crippen molar-refractivity contribution in [2.24, 2.45) is 0 Å². The van der Waals surface area contributed by atoms with Gasteiger partial charge in [0.2, 0.25) is 0 Å². The van der Waals surface area contributed by atoms with Crippen molar-refractivity contribution in [3.63, 3.8) is 0 Å². The van der Waals surface area contributed by atoms with Gasteiger partial charge in [-0.05, 0) is 38.1 Å². The molecule has 7 heteroatoms. The number of aryl methyl sites for hydroxylation is 2. The molecule has 7 nitrogen and oxygen atoms in total. The number of oxazole rings is 1. The minimum Gasteiger partial charge on any atom is -0.496 e. The van der Waals surface area contributed by atoms with Crippen LogP contribution >= 0.6 is 0 Å². The van der Waals surface area contributed by atoms with Crippen LogP contribution in [0.5, 0.6) is 5.75 Å². The SMILES string of the molecule is COc1cc(NC(=O)c2ccn3c(C)cc(C)nc23)ccc1-c1cocn1. The summed E-state index contributed by atoms with van der Waals surface area (Å²) in [6.45, 7) is 3.89. The highest BCUT2D eigenvalue weighted by molar-refractivity contribution is 6.08. The lowest BCUT2D eigenvalue weighted by atomic mass is 10.1. The van der Waals surface area contributed by atoms with Crippen LogP contribution in [0.1, 0.15) is 21.7 Å². The molecular weight excluding hydrogens is 344 g/mol. The Kier molecular flexibility index (Phi) is 4.12. The standard InChI is InChI=1S/C20H18N4O3/c1-12-8-13(2)24-7-6-16(19(24)22-12)20(25)23-14-4-5-15(18(9-14)26-3)17-10-27-11-21-17/h4-11H,1-3H3,(H,23,25). The number of hydrogen-bond donors (Lipinski definition) is 1. The third kappa shape index (κ3) is 3.03. The van der Waals surface area contributed by atoms with Crippen molar-refractivity contribution in [1.29, 1.82) is 0 Å². The zero-order valence-corrected chi connectivity index (χ0v) is 15.2. The summed E-state index contributed by atoms with van der Waals surface area (Å²) >= 11 is 0. The molecule has 0 saturated carbocycles. The lowest BCUT2D eigenvalue weighted by molar-refractivity contribution is 0.102. The number of carbonyl (C=O) groups is 1. The number of nitrogens with one attached hydrogen (secondary N) is 1. The first-order valence-electron chi connectivity index (χ1n) is 8.40. The van der Waals surface area contributed by atoms with Gasteiger partial charge in [-0.15, -0.1) is 0 Å². The van der Waals surface area contributed by atoms with Crippen molar-refractivity contribution < 1.29 is 13.9 Å². The number of ether oxygens (including phenoxy) is 1. The average Bonchev–Trinajstić information content (AvgIpc) is 3.31. The Labute approximate surface area is 155 Å². The van der Waals surface area contributed by atoms with Crippen LogP contribution in [0.4, 0.5) is 5.69 Å². The number of amides is 1. The average molecular weight is 362 g/mol. The zero-order valence-electron chi connectivity index (χ0n) is 15.2. The molecule has 0 aliphatic rings. The van der Waals surface area contributed by atoms with E-state index >= 15 is 0 Å². The molecule has 1 aromatic carbocycles. The molecule has 0 atom stereocenters.